The van der Waals surface area contributed by atoms with Crippen LogP contribution in [0.25, 0.3) is 0 Å². The molecular formula is C23H27FN2O2. The fourth-order valence-electron chi connectivity index (χ4n) is 3.60. The Morgan fingerprint density at radius 3 is 2.39 bits per heavy atom. The van der Waals surface area contributed by atoms with Crippen molar-refractivity contribution in [1.29, 1.82) is 0 Å². The highest BCUT2D eigenvalue weighted by atomic mass is 19.1. The minimum Gasteiger partial charge on any atom is -0.352 e. The normalized spacial score (nSPS) is 14.7. The van der Waals surface area contributed by atoms with Gasteiger partial charge in [0.2, 0.25) is 0 Å². The molecule has 1 saturated heterocycles. The average Bonchev–Trinajstić information content (AvgIpc) is 2.73. The zero-order valence-corrected chi connectivity index (χ0v) is 16.3. The molecule has 0 unspecified atom stereocenters. The summed E-state index contributed by atoms with van der Waals surface area (Å²) in [4.78, 5) is 26.5. The summed E-state index contributed by atoms with van der Waals surface area (Å²) in [6.45, 7) is 3.89. The molecule has 5 heteroatoms. The molecule has 2 amide bonds. The Morgan fingerprint density at radius 2 is 1.75 bits per heavy atom. The lowest BCUT2D eigenvalue weighted by atomic mass is 9.96. The van der Waals surface area contributed by atoms with E-state index in [4.69, 9.17) is 0 Å². The monoisotopic (exact) mass is 382 g/mol. The molecule has 0 spiro atoms. The standard InChI is InChI=1S/C23H27FN2O2/c1-2-5-17-8-10-19(11-9-17)22(27)25-16-18-12-14-26(15-13-18)23(28)20-6-3-4-7-21(20)24/h3-4,6-11,18H,2,5,12-16H2,1H3,(H,25,27). The Balaban J connectivity index is 1.46. The number of piperidine rings is 1. The van der Waals surface area contributed by atoms with Gasteiger partial charge in [-0.2, -0.15) is 0 Å². The molecule has 2 aromatic carbocycles. The maximum absolute atomic E-state index is 13.8. The molecule has 0 aliphatic carbocycles. The maximum Gasteiger partial charge on any atom is 0.256 e. The Morgan fingerprint density at radius 1 is 1.07 bits per heavy atom. The van der Waals surface area contributed by atoms with E-state index in [1.807, 2.05) is 24.3 Å². The second kappa shape index (κ2) is 9.49. The minimum absolute atomic E-state index is 0.0621. The molecule has 28 heavy (non-hydrogen) atoms. The van der Waals surface area contributed by atoms with E-state index in [1.54, 1.807) is 17.0 Å². The van der Waals surface area contributed by atoms with Crippen molar-refractivity contribution >= 4 is 11.8 Å². The smallest absolute Gasteiger partial charge is 0.256 e. The van der Waals surface area contributed by atoms with Crippen LogP contribution in [0.1, 0.15) is 52.5 Å². The summed E-state index contributed by atoms with van der Waals surface area (Å²) in [5.74, 6) is -0.472. The van der Waals surface area contributed by atoms with Gasteiger partial charge in [0.25, 0.3) is 11.8 Å². The first-order valence-corrected chi connectivity index (χ1v) is 9.99. The third kappa shape index (κ3) is 4.97. The van der Waals surface area contributed by atoms with E-state index in [0.717, 1.165) is 25.7 Å². The van der Waals surface area contributed by atoms with E-state index in [-0.39, 0.29) is 17.4 Å². The van der Waals surface area contributed by atoms with Crippen LogP contribution in [-0.4, -0.2) is 36.3 Å². The predicted molar refractivity (Wildman–Crippen MR) is 108 cm³/mol. The van der Waals surface area contributed by atoms with Gasteiger partial charge in [-0.25, -0.2) is 4.39 Å². The lowest BCUT2D eigenvalue weighted by molar-refractivity contribution is 0.0679. The summed E-state index contributed by atoms with van der Waals surface area (Å²) >= 11 is 0. The van der Waals surface area contributed by atoms with Crippen molar-refractivity contribution in [3.05, 3.63) is 71.0 Å². The van der Waals surface area contributed by atoms with Crippen LogP contribution in [0.4, 0.5) is 4.39 Å². The molecule has 1 N–H and O–H groups in total. The van der Waals surface area contributed by atoms with Gasteiger partial charge in [-0.05, 0) is 55.0 Å². The Hall–Kier alpha value is -2.69. The molecule has 148 valence electrons. The fraction of sp³-hybridized carbons (Fsp3) is 0.391. The van der Waals surface area contributed by atoms with Crippen molar-refractivity contribution in [1.82, 2.24) is 10.2 Å². The molecule has 0 saturated carbocycles. The number of benzene rings is 2. The van der Waals surface area contributed by atoms with Crippen molar-refractivity contribution in [2.24, 2.45) is 5.92 Å². The highest BCUT2D eigenvalue weighted by molar-refractivity contribution is 5.95. The first kappa shape index (κ1) is 20.1. The van der Waals surface area contributed by atoms with Gasteiger partial charge in [-0.15, -0.1) is 0 Å². The predicted octanol–water partition coefficient (Wildman–Crippen LogP) is 4.06. The number of carbonyl (C=O) groups excluding carboxylic acids is 2. The third-order valence-electron chi connectivity index (χ3n) is 5.31. The second-order valence-corrected chi connectivity index (χ2v) is 7.37. The molecular weight excluding hydrogens is 355 g/mol. The number of nitrogens with one attached hydrogen (secondary N) is 1. The maximum atomic E-state index is 13.8. The van der Waals surface area contributed by atoms with Gasteiger partial charge >= 0.3 is 0 Å². The van der Waals surface area contributed by atoms with Crippen LogP contribution < -0.4 is 5.32 Å². The number of aryl methyl sites for hydroxylation is 1. The van der Waals surface area contributed by atoms with Gasteiger partial charge in [0.1, 0.15) is 5.82 Å². The highest BCUT2D eigenvalue weighted by Gasteiger charge is 2.25. The molecule has 0 radical (unpaired) electrons. The van der Waals surface area contributed by atoms with Crippen LogP contribution in [0.2, 0.25) is 0 Å². The van der Waals surface area contributed by atoms with Crippen molar-refractivity contribution in [2.75, 3.05) is 19.6 Å². The summed E-state index contributed by atoms with van der Waals surface area (Å²) in [6, 6.07) is 13.8. The lowest BCUT2D eigenvalue weighted by Gasteiger charge is -2.32. The fourth-order valence-corrected chi connectivity index (χ4v) is 3.60. The van der Waals surface area contributed by atoms with Crippen molar-refractivity contribution in [2.45, 2.75) is 32.6 Å². The van der Waals surface area contributed by atoms with Crippen LogP contribution in [0.5, 0.6) is 0 Å². The van der Waals surface area contributed by atoms with Crippen LogP contribution in [0, 0.1) is 11.7 Å². The summed E-state index contributed by atoms with van der Waals surface area (Å²) in [6.07, 6.45) is 3.71. The Bertz CT molecular complexity index is 812. The van der Waals surface area contributed by atoms with Gasteiger partial charge in [0.15, 0.2) is 0 Å². The lowest BCUT2D eigenvalue weighted by Crippen LogP contribution is -2.41. The van der Waals surface area contributed by atoms with Crippen LogP contribution in [-0.2, 0) is 6.42 Å². The molecule has 1 heterocycles. The molecule has 0 bridgehead atoms. The quantitative estimate of drug-likeness (QED) is 0.819. The number of amides is 2. The van der Waals surface area contributed by atoms with E-state index >= 15 is 0 Å². The molecule has 1 fully saturated rings. The summed E-state index contributed by atoms with van der Waals surface area (Å²) in [7, 11) is 0. The van der Waals surface area contributed by atoms with Gasteiger partial charge in [-0.1, -0.05) is 37.6 Å². The molecule has 1 aliphatic rings. The molecule has 0 aromatic heterocycles. The number of halogens is 1. The number of carbonyl (C=O) groups is 2. The van der Waals surface area contributed by atoms with E-state index in [2.05, 4.69) is 12.2 Å². The van der Waals surface area contributed by atoms with E-state index in [1.165, 1.54) is 17.7 Å². The van der Waals surface area contributed by atoms with Gasteiger partial charge in [0, 0.05) is 25.2 Å². The van der Waals surface area contributed by atoms with E-state index in [9.17, 15) is 14.0 Å². The Labute approximate surface area is 165 Å². The highest BCUT2D eigenvalue weighted by Crippen LogP contribution is 2.20. The zero-order valence-electron chi connectivity index (χ0n) is 16.3. The summed E-state index contributed by atoms with van der Waals surface area (Å²) in [5.41, 5.74) is 2.04. The number of likely N-dealkylation sites (tertiary alicyclic amines) is 1. The summed E-state index contributed by atoms with van der Waals surface area (Å²) < 4.78 is 13.8. The average molecular weight is 382 g/mol. The topological polar surface area (TPSA) is 49.4 Å². The third-order valence-corrected chi connectivity index (χ3v) is 5.31. The first-order valence-electron chi connectivity index (χ1n) is 9.99. The first-order chi connectivity index (χ1) is 13.6. The van der Waals surface area contributed by atoms with Crippen LogP contribution in [0.15, 0.2) is 48.5 Å². The van der Waals surface area contributed by atoms with Crippen LogP contribution >= 0.6 is 0 Å². The van der Waals surface area contributed by atoms with Gasteiger partial charge < -0.3 is 10.2 Å². The zero-order chi connectivity index (χ0) is 19.9. The Kier molecular flexibility index (Phi) is 6.80. The number of rotatable bonds is 6. The molecule has 1 aliphatic heterocycles. The second-order valence-electron chi connectivity index (χ2n) is 7.37. The molecule has 0 atom stereocenters. The number of hydrogen-bond donors (Lipinski definition) is 1. The largest absolute Gasteiger partial charge is 0.352 e. The van der Waals surface area contributed by atoms with Crippen molar-refractivity contribution < 1.29 is 14.0 Å². The summed E-state index contributed by atoms with van der Waals surface area (Å²) in [5, 5.41) is 3.00. The number of hydrogen-bond acceptors (Lipinski definition) is 2. The van der Waals surface area contributed by atoms with Crippen LogP contribution in [0.3, 0.4) is 0 Å². The molecule has 2 aromatic rings. The SMILES string of the molecule is CCCc1ccc(C(=O)NCC2CCN(C(=O)c3ccccc3F)CC2)cc1. The van der Waals surface area contributed by atoms with Crippen molar-refractivity contribution in [3.63, 3.8) is 0 Å². The van der Waals surface area contributed by atoms with E-state index in [0.29, 0.717) is 31.1 Å². The number of nitrogens with zero attached hydrogens (tertiary/aromatic N) is 1. The molecule has 4 nitrogen and oxygen atoms in total. The van der Waals surface area contributed by atoms with Crippen molar-refractivity contribution in [3.8, 4) is 0 Å². The van der Waals surface area contributed by atoms with E-state index < -0.39 is 5.82 Å². The minimum atomic E-state index is -0.480. The van der Waals surface area contributed by atoms with Gasteiger partial charge in [0.05, 0.1) is 5.56 Å². The molecule has 3 rings (SSSR count). The van der Waals surface area contributed by atoms with Gasteiger partial charge in [-0.3, -0.25) is 9.59 Å².